The van der Waals surface area contributed by atoms with Crippen molar-refractivity contribution in [3.05, 3.63) is 41.7 Å². The average molecular weight is 194 g/mol. The Morgan fingerprint density at radius 3 is 2.43 bits per heavy atom. The van der Waals surface area contributed by atoms with Gasteiger partial charge in [0.2, 0.25) is 0 Å². The van der Waals surface area contributed by atoms with E-state index in [0.717, 1.165) is 5.56 Å². The van der Waals surface area contributed by atoms with Crippen LogP contribution in [0.2, 0.25) is 0 Å². The molecule has 0 aliphatic carbocycles. The highest BCUT2D eigenvalue weighted by Gasteiger charge is 2.24. The molecule has 0 bridgehead atoms. The molecule has 3 heteroatoms. The Hall–Kier alpha value is -1.32. The molecule has 3 N–H and O–H groups in total. The lowest BCUT2D eigenvalue weighted by molar-refractivity contribution is 0.00254. The van der Waals surface area contributed by atoms with Gasteiger partial charge in [-0.15, -0.1) is 0 Å². The molecular weight excluding hydrogens is 180 g/mol. The molecule has 3 nitrogen and oxygen atoms in total. The summed E-state index contributed by atoms with van der Waals surface area (Å²) < 4.78 is 0. The number of aliphatic hydroxyl groups is 3. The van der Waals surface area contributed by atoms with Gasteiger partial charge < -0.3 is 15.3 Å². The minimum atomic E-state index is -1.57. The first-order valence-electron chi connectivity index (χ1n) is 4.36. The van der Waals surface area contributed by atoms with Crippen LogP contribution in [0.25, 0.3) is 6.08 Å². The van der Waals surface area contributed by atoms with Gasteiger partial charge in [-0.25, -0.2) is 0 Å². The summed E-state index contributed by atoms with van der Waals surface area (Å²) in [5, 5.41) is 27.8. The number of aliphatic hydroxyl groups excluding tert-OH is 2. The van der Waals surface area contributed by atoms with Gasteiger partial charge in [0.05, 0.1) is 6.61 Å². The monoisotopic (exact) mass is 194 g/mol. The molecule has 76 valence electrons. The zero-order valence-electron chi connectivity index (χ0n) is 8.01. The number of hydrogen-bond donors (Lipinski definition) is 3. The molecule has 0 heterocycles. The molecular formula is C11H14O3. The summed E-state index contributed by atoms with van der Waals surface area (Å²) >= 11 is 0. The van der Waals surface area contributed by atoms with Gasteiger partial charge in [-0.2, -0.15) is 0 Å². The van der Waals surface area contributed by atoms with E-state index in [1.54, 1.807) is 12.1 Å². The van der Waals surface area contributed by atoms with Gasteiger partial charge in [-0.05, 0) is 18.6 Å². The van der Waals surface area contributed by atoms with Crippen molar-refractivity contribution in [1.82, 2.24) is 0 Å². The number of benzene rings is 1. The standard InChI is InChI=1S/C11H14O3/c1-11(14,8-12)10(13)7-9-5-3-2-4-6-9/h2-7,12-14H,8H2,1H3. The predicted octanol–water partition coefficient (Wildman–Crippen LogP) is 1.33. The molecule has 14 heavy (non-hydrogen) atoms. The summed E-state index contributed by atoms with van der Waals surface area (Å²) in [6, 6.07) is 9.10. The van der Waals surface area contributed by atoms with Gasteiger partial charge >= 0.3 is 0 Å². The van der Waals surface area contributed by atoms with E-state index in [9.17, 15) is 10.2 Å². The van der Waals surface area contributed by atoms with Gasteiger partial charge in [-0.3, -0.25) is 0 Å². The highest BCUT2D eigenvalue weighted by atomic mass is 16.4. The Morgan fingerprint density at radius 2 is 1.93 bits per heavy atom. The minimum Gasteiger partial charge on any atom is -0.509 e. The summed E-state index contributed by atoms with van der Waals surface area (Å²) in [5.41, 5.74) is -0.797. The van der Waals surface area contributed by atoms with Crippen LogP contribution in [0.1, 0.15) is 12.5 Å². The molecule has 1 unspecified atom stereocenters. The van der Waals surface area contributed by atoms with Gasteiger partial charge in [-0.1, -0.05) is 30.3 Å². The van der Waals surface area contributed by atoms with Crippen LogP contribution in [0, 0.1) is 0 Å². The van der Waals surface area contributed by atoms with Crippen LogP contribution in [0.3, 0.4) is 0 Å². The Labute approximate surface area is 82.9 Å². The van der Waals surface area contributed by atoms with Gasteiger partial charge in [0.1, 0.15) is 11.4 Å². The van der Waals surface area contributed by atoms with Crippen molar-refractivity contribution in [3.63, 3.8) is 0 Å². The quantitative estimate of drug-likeness (QED) is 0.636. The minimum absolute atomic E-state index is 0.244. The zero-order chi connectivity index (χ0) is 10.6. The first-order chi connectivity index (χ1) is 6.56. The van der Waals surface area contributed by atoms with Crippen molar-refractivity contribution in [2.24, 2.45) is 0 Å². The van der Waals surface area contributed by atoms with Crippen LogP contribution in [0.4, 0.5) is 0 Å². The molecule has 0 amide bonds. The van der Waals surface area contributed by atoms with Crippen molar-refractivity contribution < 1.29 is 15.3 Å². The topological polar surface area (TPSA) is 60.7 Å². The molecule has 1 aromatic carbocycles. The van der Waals surface area contributed by atoms with Crippen molar-refractivity contribution in [2.45, 2.75) is 12.5 Å². The maximum atomic E-state index is 9.48. The molecule has 1 aromatic rings. The highest BCUT2D eigenvalue weighted by molar-refractivity contribution is 5.52. The molecule has 0 aliphatic rings. The molecule has 1 rings (SSSR count). The fraction of sp³-hybridized carbons (Fsp3) is 0.273. The van der Waals surface area contributed by atoms with E-state index in [0.29, 0.717) is 0 Å². The van der Waals surface area contributed by atoms with Crippen LogP contribution in [-0.4, -0.2) is 27.5 Å². The lowest BCUT2D eigenvalue weighted by Gasteiger charge is -2.19. The van der Waals surface area contributed by atoms with Crippen LogP contribution >= 0.6 is 0 Å². The Bertz CT molecular complexity index is 315. The highest BCUT2D eigenvalue weighted by Crippen LogP contribution is 2.16. The molecule has 0 fully saturated rings. The third-order valence-corrected chi connectivity index (χ3v) is 1.96. The lowest BCUT2D eigenvalue weighted by atomic mass is 10.0. The number of rotatable bonds is 3. The van der Waals surface area contributed by atoms with E-state index in [-0.39, 0.29) is 5.76 Å². The van der Waals surface area contributed by atoms with Gasteiger partial charge in [0.25, 0.3) is 0 Å². The molecule has 0 radical (unpaired) electrons. The molecule has 0 saturated carbocycles. The van der Waals surface area contributed by atoms with E-state index in [1.807, 2.05) is 18.2 Å². The second-order valence-electron chi connectivity index (χ2n) is 3.37. The van der Waals surface area contributed by atoms with Crippen LogP contribution < -0.4 is 0 Å². The lowest BCUT2D eigenvalue weighted by Crippen LogP contribution is -2.31. The normalized spacial score (nSPS) is 16.4. The maximum Gasteiger partial charge on any atom is 0.141 e. The SMILES string of the molecule is CC(O)(CO)C(O)=Cc1ccccc1. The summed E-state index contributed by atoms with van der Waals surface area (Å²) in [6.45, 7) is 0.837. The summed E-state index contributed by atoms with van der Waals surface area (Å²) in [6.07, 6.45) is 1.43. The van der Waals surface area contributed by atoms with Crippen molar-refractivity contribution in [1.29, 1.82) is 0 Å². The second kappa shape index (κ2) is 4.26. The second-order valence-corrected chi connectivity index (χ2v) is 3.37. The Balaban J connectivity index is 2.89. The largest absolute Gasteiger partial charge is 0.509 e. The van der Waals surface area contributed by atoms with E-state index < -0.39 is 12.2 Å². The van der Waals surface area contributed by atoms with Crippen LogP contribution in [0.5, 0.6) is 0 Å². The third kappa shape index (κ3) is 2.58. The molecule has 0 aliphatic heterocycles. The summed E-state index contributed by atoms with van der Waals surface area (Å²) in [4.78, 5) is 0. The van der Waals surface area contributed by atoms with Gasteiger partial charge in [0.15, 0.2) is 0 Å². The first kappa shape index (κ1) is 10.8. The maximum absolute atomic E-state index is 9.48. The fourth-order valence-corrected chi connectivity index (χ4v) is 0.944. The van der Waals surface area contributed by atoms with E-state index in [4.69, 9.17) is 5.11 Å². The molecule has 0 aromatic heterocycles. The molecule has 1 atom stereocenters. The fourth-order valence-electron chi connectivity index (χ4n) is 0.944. The number of hydrogen-bond acceptors (Lipinski definition) is 3. The van der Waals surface area contributed by atoms with Gasteiger partial charge in [0, 0.05) is 0 Å². The van der Waals surface area contributed by atoms with E-state index in [1.165, 1.54) is 13.0 Å². The van der Waals surface area contributed by atoms with E-state index >= 15 is 0 Å². The summed E-state index contributed by atoms with van der Waals surface area (Å²) in [5.74, 6) is -0.244. The Kier molecular flexibility index (Phi) is 3.28. The molecule has 0 spiro atoms. The van der Waals surface area contributed by atoms with Crippen molar-refractivity contribution in [3.8, 4) is 0 Å². The van der Waals surface area contributed by atoms with Crippen LogP contribution in [0.15, 0.2) is 36.1 Å². The zero-order valence-corrected chi connectivity index (χ0v) is 8.01. The first-order valence-corrected chi connectivity index (χ1v) is 4.36. The molecule has 0 saturated heterocycles. The average Bonchev–Trinajstić information content (AvgIpc) is 2.19. The third-order valence-electron chi connectivity index (χ3n) is 1.96. The Morgan fingerprint density at radius 1 is 1.36 bits per heavy atom. The van der Waals surface area contributed by atoms with E-state index in [2.05, 4.69) is 0 Å². The smallest absolute Gasteiger partial charge is 0.141 e. The van der Waals surface area contributed by atoms with Crippen LogP contribution in [-0.2, 0) is 0 Å². The van der Waals surface area contributed by atoms with Crippen molar-refractivity contribution >= 4 is 6.08 Å². The van der Waals surface area contributed by atoms with Crippen molar-refractivity contribution in [2.75, 3.05) is 6.61 Å². The predicted molar refractivity (Wildman–Crippen MR) is 54.8 cm³/mol. The summed E-state index contributed by atoms with van der Waals surface area (Å²) in [7, 11) is 0.